The van der Waals surface area contributed by atoms with E-state index in [1.807, 2.05) is 17.5 Å². The first-order valence-electron chi connectivity index (χ1n) is 7.73. The van der Waals surface area contributed by atoms with Gasteiger partial charge in [-0.1, -0.05) is 11.2 Å². The van der Waals surface area contributed by atoms with Crippen LogP contribution in [-0.4, -0.2) is 29.3 Å². The number of hydrogen-bond acceptors (Lipinski definition) is 8. The topological polar surface area (TPSA) is 83.7 Å². The Balaban J connectivity index is 1.41. The summed E-state index contributed by atoms with van der Waals surface area (Å²) in [7, 11) is 0. The van der Waals surface area contributed by atoms with Crippen LogP contribution in [0.15, 0.2) is 40.2 Å². The molecule has 4 rings (SSSR count). The Labute approximate surface area is 147 Å². The molecular formula is C17H14N2O5S. The number of thiophene rings is 1. The van der Waals surface area contributed by atoms with Gasteiger partial charge in [-0.25, -0.2) is 4.79 Å². The third-order valence-corrected chi connectivity index (χ3v) is 4.39. The fraction of sp³-hybridized carbons (Fsp3) is 0.235. The van der Waals surface area contributed by atoms with Gasteiger partial charge >= 0.3 is 5.97 Å². The fourth-order valence-electron chi connectivity index (χ4n) is 2.32. The lowest BCUT2D eigenvalue weighted by atomic mass is 10.2. The average molecular weight is 358 g/mol. The molecule has 0 fully saturated rings. The minimum atomic E-state index is -0.494. The van der Waals surface area contributed by atoms with Gasteiger partial charge in [-0.2, -0.15) is 4.98 Å². The zero-order valence-corrected chi connectivity index (χ0v) is 14.0. The highest BCUT2D eigenvalue weighted by molar-refractivity contribution is 7.13. The van der Waals surface area contributed by atoms with Crippen LogP contribution in [0.25, 0.3) is 10.7 Å². The van der Waals surface area contributed by atoms with Crippen molar-refractivity contribution >= 4 is 17.3 Å². The first-order chi connectivity index (χ1) is 12.3. The number of rotatable bonds is 4. The Morgan fingerprint density at radius 3 is 2.92 bits per heavy atom. The van der Waals surface area contributed by atoms with Crippen molar-refractivity contribution in [3.05, 3.63) is 47.2 Å². The molecule has 0 saturated carbocycles. The first-order valence-corrected chi connectivity index (χ1v) is 8.61. The summed E-state index contributed by atoms with van der Waals surface area (Å²) < 4.78 is 21.5. The predicted molar refractivity (Wildman–Crippen MR) is 88.8 cm³/mol. The van der Waals surface area contributed by atoms with Gasteiger partial charge in [0, 0.05) is 6.42 Å². The highest BCUT2D eigenvalue weighted by atomic mass is 32.1. The van der Waals surface area contributed by atoms with Gasteiger partial charge in [0.15, 0.2) is 18.1 Å². The van der Waals surface area contributed by atoms with E-state index in [4.69, 9.17) is 18.7 Å². The quantitative estimate of drug-likeness (QED) is 0.662. The molecule has 8 heteroatoms. The lowest BCUT2D eigenvalue weighted by Crippen LogP contribution is -2.06. The summed E-state index contributed by atoms with van der Waals surface area (Å²) in [6.07, 6.45) is 0.804. The molecule has 0 atom stereocenters. The molecule has 0 aliphatic carbocycles. The zero-order valence-electron chi connectivity index (χ0n) is 13.1. The maximum Gasteiger partial charge on any atom is 0.338 e. The molecule has 0 unspecified atom stereocenters. The molecule has 2 aromatic heterocycles. The second-order valence-electron chi connectivity index (χ2n) is 5.28. The summed E-state index contributed by atoms with van der Waals surface area (Å²) in [5, 5.41) is 5.80. The second-order valence-corrected chi connectivity index (χ2v) is 6.22. The maximum atomic E-state index is 12.2. The van der Waals surface area contributed by atoms with E-state index in [2.05, 4.69) is 10.1 Å². The molecule has 1 aliphatic rings. The van der Waals surface area contributed by atoms with E-state index < -0.39 is 5.97 Å². The summed E-state index contributed by atoms with van der Waals surface area (Å²) in [4.78, 5) is 17.3. The standard InChI is InChI=1S/C17H14N2O5S/c20-17(11-4-5-12-13(9-11)22-7-2-6-21-12)23-10-15-18-16(19-24-15)14-3-1-8-25-14/h1,3-5,8-9H,2,6-7,10H2. The smallest absolute Gasteiger partial charge is 0.338 e. The average Bonchev–Trinajstić information content (AvgIpc) is 3.26. The third-order valence-electron chi connectivity index (χ3n) is 3.52. The van der Waals surface area contributed by atoms with Crippen molar-refractivity contribution in [1.82, 2.24) is 10.1 Å². The van der Waals surface area contributed by atoms with Crippen LogP contribution in [0.1, 0.15) is 22.7 Å². The number of fused-ring (bicyclic) bond motifs is 1. The van der Waals surface area contributed by atoms with Crippen LogP contribution in [0, 0.1) is 0 Å². The Kier molecular flexibility index (Phi) is 4.34. The molecule has 0 bridgehead atoms. The van der Waals surface area contributed by atoms with Gasteiger partial charge in [-0.3, -0.25) is 0 Å². The predicted octanol–water partition coefficient (Wildman–Crippen LogP) is 3.32. The zero-order chi connectivity index (χ0) is 17.1. The van der Waals surface area contributed by atoms with Crippen LogP contribution in [0.2, 0.25) is 0 Å². The normalized spacial score (nSPS) is 13.3. The summed E-state index contributed by atoms with van der Waals surface area (Å²) in [6.45, 7) is 1.06. The van der Waals surface area contributed by atoms with Gasteiger partial charge in [-0.15, -0.1) is 11.3 Å². The van der Waals surface area contributed by atoms with Crippen molar-refractivity contribution in [2.75, 3.05) is 13.2 Å². The van der Waals surface area contributed by atoms with Gasteiger partial charge < -0.3 is 18.7 Å². The molecule has 0 saturated heterocycles. The summed E-state index contributed by atoms with van der Waals surface area (Å²) in [6, 6.07) is 8.76. The number of carbonyl (C=O) groups is 1. The van der Waals surface area contributed by atoms with E-state index in [-0.39, 0.29) is 12.5 Å². The molecule has 3 heterocycles. The maximum absolute atomic E-state index is 12.2. The van der Waals surface area contributed by atoms with Crippen molar-refractivity contribution in [2.24, 2.45) is 0 Å². The summed E-state index contributed by atoms with van der Waals surface area (Å²) in [5.41, 5.74) is 0.377. The van der Waals surface area contributed by atoms with Crippen LogP contribution in [0.5, 0.6) is 11.5 Å². The number of esters is 1. The van der Waals surface area contributed by atoms with E-state index in [1.54, 1.807) is 18.2 Å². The van der Waals surface area contributed by atoms with Gasteiger partial charge in [-0.05, 0) is 29.6 Å². The van der Waals surface area contributed by atoms with Crippen molar-refractivity contribution in [3.8, 4) is 22.2 Å². The number of carbonyl (C=O) groups excluding carboxylic acids is 1. The van der Waals surface area contributed by atoms with Crippen LogP contribution in [0.4, 0.5) is 0 Å². The van der Waals surface area contributed by atoms with Gasteiger partial charge in [0.25, 0.3) is 5.89 Å². The van der Waals surface area contributed by atoms with E-state index in [0.29, 0.717) is 36.1 Å². The second kappa shape index (κ2) is 6.94. The Hall–Kier alpha value is -2.87. The van der Waals surface area contributed by atoms with Crippen LogP contribution < -0.4 is 9.47 Å². The van der Waals surface area contributed by atoms with E-state index in [0.717, 1.165) is 11.3 Å². The number of nitrogens with zero attached hydrogens (tertiary/aromatic N) is 2. The van der Waals surface area contributed by atoms with Crippen LogP contribution >= 0.6 is 11.3 Å². The van der Waals surface area contributed by atoms with E-state index >= 15 is 0 Å². The highest BCUT2D eigenvalue weighted by Crippen LogP contribution is 2.30. The van der Waals surface area contributed by atoms with Crippen molar-refractivity contribution in [1.29, 1.82) is 0 Å². The molecule has 0 radical (unpaired) electrons. The Morgan fingerprint density at radius 1 is 1.20 bits per heavy atom. The number of aromatic nitrogens is 2. The number of ether oxygens (including phenoxy) is 3. The van der Waals surface area contributed by atoms with E-state index in [1.165, 1.54) is 11.3 Å². The molecule has 7 nitrogen and oxygen atoms in total. The van der Waals surface area contributed by atoms with Crippen molar-refractivity contribution in [2.45, 2.75) is 13.0 Å². The van der Waals surface area contributed by atoms with Crippen molar-refractivity contribution < 1.29 is 23.5 Å². The molecule has 25 heavy (non-hydrogen) atoms. The highest BCUT2D eigenvalue weighted by Gasteiger charge is 2.16. The summed E-state index contributed by atoms with van der Waals surface area (Å²) >= 11 is 1.51. The first kappa shape index (κ1) is 15.6. The van der Waals surface area contributed by atoms with Crippen molar-refractivity contribution in [3.63, 3.8) is 0 Å². The molecule has 0 spiro atoms. The number of benzene rings is 1. The molecule has 0 N–H and O–H groups in total. The van der Waals surface area contributed by atoms with Gasteiger partial charge in [0.1, 0.15) is 0 Å². The largest absolute Gasteiger partial charge is 0.490 e. The fourth-order valence-corrected chi connectivity index (χ4v) is 2.97. The molecular weight excluding hydrogens is 344 g/mol. The minimum Gasteiger partial charge on any atom is -0.490 e. The lowest BCUT2D eigenvalue weighted by Gasteiger charge is -2.08. The molecule has 1 aromatic carbocycles. The summed E-state index contributed by atoms with van der Waals surface area (Å²) in [5.74, 6) is 1.41. The Bertz CT molecular complexity index is 875. The van der Waals surface area contributed by atoms with Gasteiger partial charge in [0.2, 0.25) is 5.82 Å². The molecule has 0 amide bonds. The molecule has 3 aromatic rings. The van der Waals surface area contributed by atoms with Crippen LogP contribution in [0.3, 0.4) is 0 Å². The number of hydrogen-bond donors (Lipinski definition) is 0. The molecule has 128 valence electrons. The SMILES string of the molecule is O=C(OCc1nc(-c2cccs2)no1)c1ccc2c(c1)OCCCO2. The lowest BCUT2D eigenvalue weighted by molar-refractivity contribution is 0.0429. The van der Waals surface area contributed by atoms with Gasteiger partial charge in [0.05, 0.1) is 23.7 Å². The molecule has 1 aliphatic heterocycles. The third kappa shape index (κ3) is 3.48. The minimum absolute atomic E-state index is 0.0916. The monoisotopic (exact) mass is 358 g/mol. The Morgan fingerprint density at radius 2 is 2.08 bits per heavy atom. The van der Waals surface area contributed by atoms with E-state index in [9.17, 15) is 4.79 Å². The van der Waals surface area contributed by atoms with Crippen LogP contribution in [-0.2, 0) is 11.3 Å².